The number of hydrogen-bond acceptors (Lipinski definition) is 5. The second-order valence-electron chi connectivity index (χ2n) is 6.30. The number of amides is 1. The summed E-state index contributed by atoms with van der Waals surface area (Å²) in [4.78, 5) is 13.7. The molecular weight excluding hydrogens is 346 g/mol. The van der Waals surface area contributed by atoms with Crippen molar-refractivity contribution in [2.45, 2.75) is 24.8 Å². The molecule has 1 heterocycles. The topological polar surface area (TPSA) is 63.9 Å². The van der Waals surface area contributed by atoms with Gasteiger partial charge in [0.1, 0.15) is 0 Å². The number of carbonyl (C=O) groups is 1. The Balaban J connectivity index is 1.81. The van der Waals surface area contributed by atoms with Gasteiger partial charge in [0.25, 0.3) is 5.91 Å². The zero-order chi connectivity index (χ0) is 18.7. The van der Waals surface area contributed by atoms with E-state index in [9.17, 15) is 4.79 Å². The van der Waals surface area contributed by atoms with Gasteiger partial charge in [-0.3, -0.25) is 4.79 Å². The van der Waals surface area contributed by atoms with Gasteiger partial charge >= 0.3 is 0 Å². The summed E-state index contributed by atoms with van der Waals surface area (Å²) >= 11 is 1.55. The van der Waals surface area contributed by atoms with Crippen LogP contribution in [0.3, 0.4) is 0 Å². The molecule has 0 unspecified atom stereocenters. The Bertz CT molecular complexity index is 915. The largest absolute Gasteiger partial charge is 0.345 e. The first-order valence-electron chi connectivity index (χ1n) is 8.25. The van der Waals surface area contributed by atoms with Crippen molar-refractivity contribution < 1.29 is 4.79 Å². The number of benzene rings is 2. The Hall–Kier alpha value is -2.67. The van der Waals surface area contributed by atoms with Crippen LogP contribution in [0.4, 0.5) is 0 Å². The lowest BCUT2D eigenvalue weighted by Gasteiger charge is -2.12. The number of rotatable bonds is 5. The van der Waals surface area contributed by atoms with Crippen molar-refractivity contribution in [3.05, 3.63) is 64.7 Å². The molecule has 0 spiro atoms. The molecule has 0 fully saturated rings. The minimum atomic E-state index is -0.00258. The first kappa shape index (κ1) is 18.1. The first-order chi connectivity index (χ1) is 12.5. The Labute approximate surface area is 157 Å². The average Bonchev–Trinajstić information content (AvgIpc) is 3.07. The number of aryl methyl sites for hydroxylation is 2. The normalized spacial score (nSPS) is 10.8. The number of nitrogens with zero attached hydrogens (tertiary/aromatic N) is 5. The molecule has 0 aliphatic carbocycles. The van der Waals surface area contributed by atoms with E-state index >= 15 is 0 Å². The Morgan fingerprint density at radius 1 is 1.12 bits per heavy atom. The fourth-order valence-electron chi connectivity index (χ4n) is 2.75. The van der Waals surface area contributed by atoms with Gasteiger partial charge in [-0.15, -0.1) is 5.10 Å². The van der Waals surface area contributed by atoms with Crippen LogP contribution in [-0.4, -0.2) is 45.1 Å². The van der Waals surface area contributed by atoms with Gasteiger partial charge in [-0.05, 0) is 53.1 Å². The van der Waals surface area contributed by atoms with Crippen LogP contribution in [0.1, 0.15) is 27.0 Å². The molecule has 134 valence electrons. The van der Waals surface area contributed by atoms with Gasteiger partial charge in [0.2, 0.25) is 5.16 Å². The molecule has 0 aliphatic heterocycles. The smallest absolute Gasteiger partial charge is 0.253 e. The van der Waals surface area contributed by atoms with E-state index in [-0.39, 0.29) is 5.91 Å². The van der Waals surface area contributed by atoms with Crippen molar-refractivity contribution in [2.24, 2.45) is 0 Å². The maximum Gasteiger partial charge on any atom is 0.253 e. The lowest BCUT2D eigenvalue weighted by molar-refractivity contribution is 0.0827. The Morgan fingerprint density at radius 2 is 1.81 bits per heavy atom. The predicted octanol–water partition coefficient (Wildman–Crippen LogP) is 3.27. The van der Waals surface area contributed by atoms with Crippen molar-refractivity contribution in [3.8, 4) is 5.69 Å². The van der Waals surface area contributed by atoms with Crippen LogP contribution in [-0.2, 0) is 5.75 Å². The molecule has 0 N–H and O–H groups in total. The number of thioether (sulfide) groups is 1. The summed E-state index contributed by atoms with van der Waals surface area (Å²) in [6, 6.07) is 13.8. The van der Waals surface area contributed by atoms with Crippen LogP contribution in [0.5, 0.6) is 0 Å². The van der Waals surface area contributed by atoms with E-state index in [4.69, 9.17) is 0 Å². The zero-order valence-corrected chi connectivity index (χ0v) is 16.1. The molecule has 3 rings (SSSR count). The summed E-state index contributed by atoms with van der Waals surface area (Å²) < 4.78 is 1.78. The monoisotopic (exact) mass is 367 g/mol. The second-order valence-corrected chi connectivity index (χ2v) is 7.24. The summed E-state index contributed by atoms with van der Waals surface area (Å²) in [5, 5.41) is 12.9. The van der Waals surface area contributed by atoms with Crippen molar-refractivity contribution in [1.29, 1.82) is 0 Å². The number of carbonyl (C=O) groups excluding carboxylic acids is 1. The van der Waals surface area contributed by atoms with Gasteiger partial charge < -0.3 is 4.90 Å². The van der Waals surface area contributed by atoms with E-state index < -0.39 is 0 Å². The molecule has 26 heavy (non-hydrogen) atoms. The molecule has 0 saturated heterocycles. The number of hydrogen-bond donors (Lipinski definition) is 0. The molecule has 0 radical (unpaired) electrons. The Morgan fingerprint density at radius 3 is 2.50 bits per heavy atom. The van der Waals surface area contributed by atoms with Crippen LogP contribution in [0.15, 0.2) is 47.6 Å². The fraction of sp³-hybridized carbons (Fsp3) is 0.263. The molecule has 3 aromatic rings. The van der Waals surface area contributed by atoms with Gasteiger partial charge in [-0.2, -0.15) is 4.68 Å². The lowest BCUT2D eigenvalue weighted by atomic mass is 10.1. The van der Waals surface area contributed by atoms with Gasteiger partial charge in [-0.1, -0.05) is 42.1 Å². The quantitative estimate of drug-likeness (QED) is 0.648. The maximum absolute atomic E-state index is 12.1. The Kier molecular flexibility index (Phi) is 5.37. The maximum atomic E-state index is 12.1. The first-order valence-corrected chi connectivity index (χ1v) is 9.24. The van der Waals surface area contributed by atoms with E-state index in [2.05, 4.69) is 41.5 Å². The van der Waals surface area contributed by atoms with Gasteiger partial charge in [-0.25, -0.2) is 0 Å². The van der Waals surface area contributed by atoms with Gasteiger partial charge in [0, 0.05) is 25.4 Å². The molecule has 6 nitrogen and oxygen atoms in total. The summed E-state index contributed by atoms with van der Waals surface area (Å²) in [7, 11) is 3.50. The van der Waals surface area contributed by atoms with E-state index in [1.54, 1.807) is 35.4 Å². The van der Waals surface area contributed by atoms with Crippen LogP contribution in [0.2, 0.25) is 0 Å². The second kappa shape index (κ2) is 7.70. The van der Waals surface area contributed by atoms with E-state index in [0.29, 0.717) is 11.3 Å². The molecule has 0 aliphatic rings. The van der Waals surface area contributed by atoms with Crippen molar-refractivity contribution in [2.75, 3.05) is 14.1 Å². The highest BCUT2D eigenvalue weighted by atomic mass is 32.2. The van der Waals surface area contributed by atoms with E-state index in [1.165, 1.54) is 0 Å². The van der Waals surface area contributed by atoms with Gasteiger partial charge in [0.15, 0.2) is 0 Å². The molecule has 2 aromatic carbocycles. The number of para-hydroxylation sites is 1. The molecule has 1 amide bonds. The van der Waals surface area contributed by atoms with Gasteiger partial charge in [0.05, 0.1) is 5.69 Å². The summed E-state index contributed by atoms with van der Waals surface area (Å²) in [5.41, 5.74) is 4.99. The van der Waals surface area contributed by atoms with E-state index in [1.807, 2.05) is 30.3 Å². The summed E-state index contributed by atoms with van der Waals surface area (Å²) in [5.74, 6) is 0.678. The van der Waals surface area contributed by atoms with Crippen LogP contribution in [0.25, 0.3) is 5.69 Å². The lowest BCUT2D eigenvalue weighted by Crippen LogP contribution is -2.21. The molecule has 0 atom stereocenters. The molecular formula is C19H21N5OS. The third kappa shape index (κ3) is 3.77. The zero-order valence-electron chi connectivity index (χ0n) is 15.3. The highest BCUT2D eigenvalue weighted by molar-refractivity contribution is 7.98. The van der Waals surface area contributed by atoms with Crippen LogP contribution in [0, 0.1) is 13.8 Å². The van der Waals surface area contributed by atoms with E-state index in [0.717, 1.165) is 27.5 Å². The molecule has 1 aromatic heterocycles. The number of tetrazole rings is 1. The minimum Gasteiger partial charge on any atom is -0.345 e. The third-order valence-electron chi connectivity index (χ3n) is 4.04. The molecule has 0 saturated carbocycles. The highest BCUT2D eigenvalue weighted by Gasteiger charge is 2.14. The van der Waals surface area contributed by atoms with Crippen molar-refractivity contribution in [3.63, 3.8) is 0 Å². The van der Waals surface area contributed by atoms with Crippen molar-refractivity contribution >= 4 is 17.7 Å². The number of aromatic nitrogens is 4. The van der Waals surface area contributed by atoms with Crippen LogP contribution < -0.4 is 0 Å². The fourth-order valence-corrected chi connectivity index (χ4v) is 3.57. The predicted molar refractivity (Wildman–Crippen MR) is 103 cm³/mol. The SMILES string of the molecule is Cc1cccc(C)c1-n1nnnc1SCc1cccc(C(=O)N(C)C)c1. The molecule has 7 heteroatoms. The third-order valence-corrected chi connectivity index (χ3v) is 5.03. The summed E-state index contributed by atoms with van der Waals surface area (Å²) in [6.45, 7) is 4.10. The minimum absolute atomic E-state index is 0.00258. The molecule has 0 bridgehead atoms. The average molecular weight is 367 g/mol. The van der Waals surface area contributed by atoms with Crippen molar-refractivity contribution in [1.82, 2.24) is 25.1 Å². The van der Waals surface area contributed by atoms with Crippen LogP contribution >= 0.6 is 11.8 Å². The standard InChI is InChI=1S/C19H21N5OS/c1-13-7-5-8-14(2)17(13)24-19(20-21-22-24)26-12-15-9-6-10-16(11-15)18(25)23(3)4/h5-11H,12H2,1-4H3. The summed E-state index contributed by atoms with van der Waals surface area (Å²) in [6.07, 6.45) is 0. The highest BCUT2D eigenvalue weighted by Crippen LogP contribution is 2.26.